The fourth-order valence-corrected chi connectivity index (χ4v) is 4.37. The number of rotatable bonds is 5. The molecule has 5 rings (SSSR count). The number of likely N-dealkylation sites (tertiary alicyclic amines) is 1. The van der Waals surface area contributed by atoms with E-state index in [0.717, 1.165) is 36.5 Å². The topological polar surface area (TPSA) is 94.3 Å². The number of aryl methyl sites for hydroxylation is 1. The molecule has 33 heavy (non-hydrogen) atoms. The van der Waals surface area contributed by atoms with Crippen LogP contribution in [0, 0.1) is 12.3 Å². The van der Waals surface area contributed by atoms with E-state index in [1.54, 1.807) is 12.3 Å². The minimum atomic E-state index is -0.349. The molecule has 7 heteroatoms. The van der Waals surface area contributed by atoms with Crippen LogP contribution in [-0.2, 0) is 11.3 Å². The zero-order valence-electron chi connectivity index (χ0n) is 18.6. The van der Waals surface area contributed by atoms with Crippen LogP contribution in [0.5, 0.6) is 0 Å². The quantitative estimate of drug-likeness (QED) is 0.624. The van der Waals surface area contributed by atoms with Crippen LogP contribution in [0.3, 0.4) is 0 Å². The van der Waals surface area contributed by atoms with Crippen molar-refractivity contribution in [2.24, 2.45) is 4.99 Å². The molecule has 4 heterocycles. The molecule has 3 aromatic rings. The fourth-order valence-electron chi connectivity index (χ4n) is 4.37. The number of amides is 1. The molecule has 7 nitrogen and oxygen atoms in total. The number of aromatic nitrogens is 2. The molecular weight excluding hydrogens is 412 g/mol. The third-order valence-electron chi connectivity index (χ3n) is 6.12. The lowest BCUT2D eigenvalue weighted by atomic mass is 9.97. The number of carbonyl (C=O) groups is 1. The van der Waals surface area contributed by atoms with Gasteiger partial charge in [-0.15, -0.1) is 0 Å². The number of fused-ring (bicyclic) bond motifs is 1. The average molecular weight is 439 g/mol. The highest BCUT2D eigenvalue weighted by Crippen LogP contribution is 2.28. The lowest BCUT2D eigenvalue weighted by Crippen LogP contribution is -2.29. The van der Waals surface area contributed by atoms with E-state index in [4.69, 9.17) is 5.41 Å². The molecule has 0 radical (unpaired) electrons. The maximum absolute atomic E-state index is 12.9. The Hall–Kier alpha value is -3.71. The highest BCUT2D eigenvalue weighted by molar-refractivity contribution is 6.53. The van der Waals surface area contributed by atoms with Crippen LogP contribution in [0.25, 0.3) is 11.1 Å². The van der Waals surface area contributed by atoms with Crippen molar-refractivity contribution in [1.82, 2.24) is 14.9 Å². The molecule has 2 aromatic heterocycles. The third kappa shape index (κ3) is 4.59. The van der Waals surface area contributed by atoms with Gasteiger partial charge in [0.1, 0.15) is 5.71 Å². The number of carbonyl (C=O) groups excluding carboxylic acids is 1. The highest BCUT2D eigenvalue weighted by Gasteiger charge is 2.26. The van der Waals surface area contributed by atoms with Gasteiger partial charge in [0.15, 0.2) is 5.84 Å². The van der Waals surface area contributed by atoms with Crippen molar-refractivity contribution in [3.63, 3.8) is 0 Å². The first-order chi connectivity index (χ1) is 16.1. The Kier molecular flexibility index (Phi) is 5.79. The van der Waals surface area contributed by atoms with Gasteiger partial charge >= 0.3 is 0 Å². The molecule has 0 unspecified atom stereocenters. The standard InChI is InChI=1S/C26H26N6O/c1-17-5-7-21(15-29-17)30-26(33)24-23-12-19(6-8-22(23)25(27)31-24)20-11-18(13-28-14-20)16-32-9-3-2-4-10-32/h5-8,11-15,27H,2-4,9-10,16H2,1H3,(H,30,33). The zero-order valence-corrected chi connectivity index (χ0v) is 18.6. The van der Waals surface area contributed by atoms with Gasteiger partial charge in [-0.2, -0.15) is 0 Å². The summed E-state index contributed by atoms with van der Waals surface area (Å²) in [7, 11) is 0. The van der Waals surface area contributed by atoms with Crippen LogP contribution in [0.2, 0.25) is 0 Å². The minimum absolute atomic E-state index is 0.0979. The summed E-state index contributed by atoms with van der Waals surface area (Å²) in [5, 5.41) is 11.1. The molecule has 0 atom stereocenters. The maximum atomic E-state index is 12.9. The number of anilines is 1. The lowest BCUT2D eigenvalue weighted by Gasteiger charge is -2.26. The molecule has 2 aliphatic heterocycles. The summed E-state index contributed by atoms with van der Waals surface area (Å²) in [6.45, 7) is 5.06. The Balaban J connectivity index is 1.39. The molecule has 0 aliphatic carbocycles. The van der Waals surface area contributed by atoms with Gasteiger partial charge in [-0.05, 0) is 74.3 Å². The molecule has 2 N–H and O–H groups in total. The van der Waals surface area contributed by atoms with Gasteiger partial charge in [0.25, 0.3) is 5.91 Å². The van der Waals surface area contributed by atoms with Crippen molar-refractivity contribution in [2.45, 2.75) is 32.7 Å². The number of hydrogen-bond donors (Lipinski definition) is 2. The summed E-state index contributed by atoms with van der Waals surface area (Å²) < 4.78 is 0. The number of amidine groups is 1. The van der Waals surface area contributed by atoms with Crippen LogP contribution in [-0.4, -0.2) is 45.4 Å². The minimum Gasteiger partial charge on any atom is -0.319 e. The van der Waals surface area contributed by atoms with E-state index >= 15 is 0 Å². The summed E-state index contributed by atoms with van der Waals surface area (Å²) in [6, 6.07) is 11.6. The molecular formula is C26H26N6O. The van der Waals surface area contributed by atoms with Crippen molar-refractivity contribution >= 4 is 23.1 Å². The van der Waals surface area contributed by atoms with Gasteiger partial charge in [-0.25, -0.2) is 4.99 Å². The third-order valence-corrected chi connectivity index (χ3v) is 6.12. The maximum Gasteiger partial charge on any atom is 0.275 e. The molecule has 1 aromatic carbocycles. The predicted octanol–water partition coefficient (Wildman–Crippen LogP) is 4.20. The molecule has 0 spiro atoms. The van der Waals surface area contributed by atoms with Crippen LogP contribution < -0.4 is 5.32 Å². The van der Waals surface area contributed by atoms with E-state index in [1.807, 2.05) is 43.6 Å². The van der Waals surface area contributed by atoms with Crippen LogP contribution in [0.1, 0.15) is 41.6 Å². The Morgan fingerprint density at radius 2 is 1.85 bits per heavy atom. The first kappa shape index (κ1) is 21.2. The number of nitrogens with zero attached hydrogens (tertiary/aromatic N) is 4. The van der Waals surface area contributed by atoms with Gasteiger partial charge in [0.2, 0.25) is 0 Å². The molecule has 1 saturated heterocycles. The summed E-state index contributed by atoms with van der Waals surface area (Å²) in [4.78, 5) is 28.3. The lowest BCUT2D eigenvalue weighted by molar-refractivity contribution is -0.110. The van der Waals surface area contributed by atoms with Crippen molar-refractivity contribution in [3.8, 4) is 11.1 Å². The molecule has 0 bridgehead atoms. The first-order valence-electron chi connectivity index (χ1n) is 11.3. The van der Waals surface area contributed by atoms with Crippen molar-refractivity contribution < 1.29 is 4.79 Å². The smallest absolute Gasteiger partial charge is 0.275 e. The molecule has 0 saturated carbocycles. The van der Waals surface area contributed by atoms with E-state index in [9.17, 15) is 4.79 Å². The van der Waals surface area contributed by atoms with E-state index in [1.165, 1.54) is 24.8 Å². The van der Waals surface area contributed by atoms with E-state index in [2.05, 4.69) is 31.2 Å². The largest absolute Gasteiger partial charge is 0.319 e. The van der Waals surface area contributed by atoms with E-state index in [0.29, 0.717) is 16.8 Å². The van der Waals surface area contributed by atoms with E-state index < -0.39 is 0 Å². The number of hydrogen-bond acceptors (Lipinski definition) is 5. The summed E-state index contributed by atoms with van der Waals surface area (Å²) >= 11 is 0. The second kappa shape index (κ2) is 9.03. The number of nitrogens with one attached hydrogen (secondary N) is 2. The van der Waals surface area contributed by atoms with Crippen LogP contribution in [0.4, 0.5) is 5.69 Å². The fraction of sp³-hybridized carbons (Fsp3) is 0.269. The Labute approximate surface area is 193 Å². The Bertz CT molecular complexity index is 1240. The normalized spacial score (nSPS) is 15.8. The Morgan fingerprint density at radius 3 is 2.64 bits per heavy atom. The summed E-state index contributed by atoms with van der Waals surface area (Å²) in [6.07, 6.45) is 9.22. The van der Waals surface area contributed by atoms with Gasteiger partial charge in [0.05, 0.1) is 11.9 Å². The van der Waals surface area contributed by atoms with Gasteiger partial charge in [-0.1, -0.05) is 12.5 Å². The Morgan fingerprint density at radius 1 is 1.00 bits per heavy atom. The second-order valence-electron chi connectivity index (χ2n) is 8.63. The number of piperidine rings is 1. The first-order valence-corrected chi connectivity index (χ1v) is 11.3. The zero-order chi connectivity index (χ0) is 22.8. The van der Waals surface area contributed by atoms with E-state index in [-0.39, 0.29) is 17.5 Å². The average Bonchev–Trinajstić information content (AvgIpc) is 3.17. The number of aliphatic imine (C=N–C) groups is 1. The predicted molar refractivity (Wildman–Crippen MR) is 130 cm³/mol. The van der Waals surface area contributed by atoms with Crippen LogP contribution >= 0.6 is 0 Å². The van der Waals surface area contributed by atoms with Crippen LogP contribution in [0.15, 0.2) is 60.0 Å². The number of benzene rings is 1. The molecule has 2 aliphatic rings. The van der Waals surface area contributed by atoms with Crippen molar-refractivity contribution in [1.29, 1.82) is 5.41 Å². The molecule has 1 amide bonds. The number of pyridine rings is 2. The van der Waals surface area contributed by atoms with Crippen molar-refractivity contribution in [3.05, 3.63) is 77.4 Å². The summed E-state index contributed by atoms with van der Waals surface area (Å²) in [5.74, 6) is -0.251. The highest BCUT2D eigenvalue weighted by atomic mass is 16.1. The second-order valence-corrected chi connectivity index (χ2v) is 8.63. The van der Waals surface area contributed by atoms with Gasteiger partial charge in [-0.3, -0.25) is 25.1 Å². The SMILES string of the molecule is Cc1ccc(NC(=O)C2=NC(=N)c3ccc(-c4cncc(CN5CCCCC5)c4)cc32)cn1. The molecule has 166 valence electrons. The van der Waals surface area contributed by atoms with Gasteiger partial charge < -0.3 is 5.32 Å². The van der Waals surface area contributed by atoms with Crippen molar-refractivity contribution in [2.75, 3.05) is 18.4 Å². The monoisotopic (exact) mass is 438 g/mol. The summed E-state index contributed by atoms with van der Waals surface area (Å²) in [5.41, 5.74) is 6.16. The molecule has 1 fully saturated rings. The van der Waals surface area contributed by atoms with Gasteiger partial charge in [0, 0.05) is 41.3 Å².